The van der Waals surface area contributed by atoms with Crippen LogP contribution in [0.5, 0.6) is 5.75 Å². The summed E-state index contributed by atoms with van der Waals surface area (Å²) in [5.74, 6) is -0.231. The Labute approximate surface area is 186 Å². The second-order valence-electron chi connectivity index (χ2n) is 6.99. The Balaban J connectivity index is 1.90. The van der Waals surface area contributed by atoms with E-state index in [9.17, 15) is 14.9 Å². The standard InChI is InChI=1S/C24H21N3O3S/c1-4-7-17-12-16(13-20-22(28)26(2)24(31)27(3)23(20)29)10-11-21(17)30-15-19-9-6-5-8-18(19)14-25/h4-6,8-13H,1,7,15H2,2-3H3. The maximum atomic E-state index is 12.5. The van der Waals surface area contributed by atoms with Crippen LogP contribution >= 0.6 is 12.2 Å². The van der Waals surface area contributed by atoms with Gasteiger partial charge in [0.1, 0.15) is 17.9 Å². The van der Waals surface area contributed by atoms with E-state index in [-0.39, 0.29) is 17.3 Å². The van der Waals surface area contributed by atoms with Gasteiger partial charge < -0.3 is 4.74 Å². The van der Waals surface area contributed by atoms with Gasteiger partial charge in [-0.25, -0.2) is 0 Å². The van der Waals surface area contributed by atoms with Gasteiger partial charge in [0, 0.05) is 19.7 Å². The number of carbonyl (C=O) groups is 2. The van der Waals surface area contributed by atoms with Crippen LogP contribution in [0, 0.1) is 11.3 Å². The van der Waals surface area contributed by atoms with Crippen LogP contribution in [-0.4, -0.2) is 40.8 Å². The van der Waals surface area contributed by atoms with Crippen LogP contribution in [0.1, 0.15) is 22.3 Å². The van der Waals surface area contributed by atoms with E-state index in [2.05, 4.69) is 12.6 Å². The molecule has 1 heterocycles. The molecule has 0 unspecified atom stereocenters. The Bertz CT molecular complexity index is 1120. The highest BCUT2D eigenvalue weighted by Crippen LogP contribution is 2.25. The van der Waals surface area contributed by atoms with Gasteiger partial charge in [-0.3, -0.25) is 19.4 Å². The van der Waals surface area contributed by atoms with Crippen LogP contribution in [0.3, 0.4) is 0 Å². The van der Waals surface area contributed by atoms with Crippen molar-refractivity contribution in [3.8, 4) is 11.8 Å². The fraction of sp³-hybridized carbons (Fsp3) is 0.167. The highest BCUT2D eigenvalue weighted by atomic mass is 32.1. The number of allylic oxidation sites excluding steroid dienone is 1. The maximum Gasteiger partial charge on any atom is 0.265 e. The molecule has 0 N–H and O–H groups in total. The number of hydrogen-bond donors (Lipinski definition) is 0. The van der Waals surface area contributed by atoms with Crippen LogP contribution in [0.15, 0.2) is 60.7 Å². The van der Waals surface area contributed by atoms with Gasteiger partial charge in [-0.2, -0.15) is 5.26 Å². The number of nitrogens with zero attached hydrogens (tertiary/aromatic N) is 3. The van der Waals surface area contributed by atoms with Crippen molar-refractivity contribution in [2.45, 2.75) is 13.0 Å². The van der Waals surface area contributed by atoms with E-state index in [1.54, 1.807) is 44.4 Å². The van der Waals surface area contributed by atoms with E-state index < -0.39 is 11.8 Å². The van der Waals surface area contributed by atoms with Crippen molar-refractivity contribution in [2.75, 3.05) is 14.1 Å². The Morgan fingerprint density at radius 2 is 1.77 bits per heavy atom. The minimum atomic E-state index is -0.438. The summed E-state index contributed by atoms with van der Waals surface area (Å²) in [6, 6.07) is 14.8. The highest BCUT2D eigenvalue weighted by Gasteiger charge is 2.35. The van der Waals surface area contributed by atoms with Crippen LogP contribution in [0.2, 0.25) is 0 Å². The average Bonchev–Trinajstić information content (AvgIpc) is 2.79. The van der Waals surface area contributed by atoms with E-state index in [4.69, 9.17) is 17.0 Å². The van der Waals surface area contributed by atoms with Gasteiger partial charge in [-0.15, -0.1) is 6.58 Å². The number of hydrogen-bond acceptors (Lipinski definition) is 5. The number of benzene rings is 2. The first kappa shape index (κ1) is 21.9. The summed E-state index contributed by atoms with van der Waals surface area (Å²) in [6.07, 6.45) is 3.85. The maximum absolute atomic E-state index is 12.5. The van der Waals surface area contributed by atoms with Crippen molar-refractivity contribution in [1.29, 1.82) is 5.26 Å². The Morgan fingerprint density at radius 3 is 2.42 bits per heavy atom. The average molecular weight is 432 g/mol. The minimum absolute atomic E-state index is 0.0415. The zero-order valence-corrected chi connectivity index (χ0v) is 18.1. The molecule has 0 radical (unpaired) electrons. The minimum Gasteiger partial charge on any atom is -0.489 e. The van der Waals surface area contributed by atoms with Gasteiger partial charge in [-0.05, 0) is 54.0 Å². The van der Waals surface area contributed by atoms with Crippen molar-refractivity contribution in [1.82, 2.24) is 9.80 Å². The molecule has 2 aromatic rings. The second-order valence-corrected chi connectivity index (χ2v) is 7.35. The van der Waals surface area contributed by atoms with E-state index >= 15 is 0 Å². The van der Waals surface area contributed by atoms with Gasteiger partial charge in [-0.1, -0.05) is 30.3 Å². The van der Waals surface area contributed by atoms with E-state index in [0.29, 0.717) is 23.3 Å². The first-order chi connectivity index (χ1) is 14.9. The summed E-state index contributed by atoms with van der Waals surface area (Å²) in [7, 11) is 3.08. The van der Waals surface area contributed by atoms with Gasteiger partial charge in [0.05, 0.1) is 11.6 Å². The van der Waals surface area contributed by atoms with Crippen LogP contribution in [0.25, 0.3) is 6.08 Å². The summed E-state index contributed by atoms with van der Waals surface area (Å²) in [5, 5.41) is 9.42. The Hall–Kier alpha value is -3.76. The molecule has 0 aromatic heterocycles. The predicted molar refractivity (Wildman–Crippen MR) is 122 cm³/mol. The lowest BCUT2D eigenvalue weighted by Gasteiger charge is -2.31. The zero-order valence-electron chi connectivity index (χ0n) is 17.3. The molecule has 0 aliphatic carbocycles. The van der Waals surface area contributed by atoms with E-state index in [0.717, 1.165) is 11.1 Å². The molecular formula is C24H21N3O3S. The molecule has 0 bridgehead atoms. The lowest BCUT2D eigenvalue weighted by atomic mass is 10.0. The summed E-state index contributed by atoms with van der Waals surface area (Å²) in [4.78, 5) is 27.6. The lowest BCUT2D eigenvalue weighted by Crippen LogP contribution is -2.52. The fourth-order valence-corrected chi connectivity index (χ4v) is 3.36. The van der Waals surface area contributed by atoms with Crippen molar-refractivity contribution in [2.24, 2.45) is 0 Å². The topological polar surface area (TPSA) is 73.6 Å². The largest absolute Gasteiger partial charge is 0.489 e. The lowest BCUT2D eigenvalue weighted by molar-refractivity contribution is -0.132. The molecule has 156 valence electrons. The number of nitriles is 1. The summed E-state index contributed by atoms with van der Waals surface area (Å²) >= 11 is 5.12. The summed E-state index contributed by atoms with van der Waals surface area (Å²) in [5.41, 5.74) is 2.94. The number of amides is 2. The van der Waals surface area contributed by atoms with Crippen molar-refractivity contribution in [3.63, 3.8) is 0 Å². The number of likely N-dealkylation sites (N-methyl/N-ethyl adjacent to an activating group) is 2. The van der Waals surface area contributed by atoms with Crippen molar-refractivity contribution >= 4 is 35.2 Å². The third-order valence-corrected chi connectivity index (χ3v) is 5.47. The molecule has 1 fully saturated rings. The normalized spacial score (nSPS) is 13.8. The molecule has 31 heavy (non-hydrogen) atoms. The number of ether oxygens (including phenoxy) is 1. The molecule has 6 nitrogen and oxygen atoms in total. The summed E-state index contributed by atoms with van der Waals surface area (Å²) < 4.78 is 5.97. The van der Waals surface area contributed by atoms with Crippen LogP contribution < -0.4 is 4.74 Å². The molecule has 0 saturated carbocycles. The quantitative estimate of drug-likeness (QED) is 0.303. The van der Waals surface area contributed by atoms with Gasteiger partial charge >= 0.3 is 0 Å². The molecule has 1 aliphatic rings. The molecular weight excluding hydrogens is 410 g/mol. The number of rotatable bonds is 6. The Morgan fingerprint density at radius 1 is 1.10 bits per heavy atom. The third kappa shape index (κ3) is 4.55. The highest BCUT2D eigenvalue weighted by molar-refractivity contribution is 7.80. The van der Waals surface area contributed by atoms with Crippen LogP contribution in [0.4, 0.5) is 0 Å². The molecule has 0 atom stereocenters. The van der Waals surface area contributed by atoms with Gasteiger partial charge in [0.25, 0.3) is 11.8 Å². The van der Waals surface area contributed by atoms with Crippen molar-refractivity contribution < 1.29 is 14.3 Å². The van der Waals surface area contributed by atoms with Gasteiger partial charge in [0.15, 0.2) is 5.11 Å². The zero-order chi connectivity index (χ0) is 22.5. The number of carbonyl (C=O) groups excluding carboxylic acids is 2. The molecule has 2 aromatic carbocycles. The molecule has 7 heteroatoms. The first-order valence-electron chi connectivity index (χ1n) is 9.53. The SMILES string of the molecule is C=CCc1cc(C=C2C(=O)N(C)C(=S)N(C)C2=O)ccc1OCc1ccccc1C#N. The van der Waals surface area contributed by atoms with E-state index in [1.807, 2.05) is 24.3 Å². The smallest absolute Gasteiger partial charge is 0.265 e. The molecule has 0 spiro atoms. The first-order valence-corrected chi connectivity index (χ1v) is 9.94. The number of thiocarbonyl (C=S) groups is 1. The monoisotopic (exact) mass is 431 g/mol. The Kier molecular flexibility index (Phi) is 6.63. The van der Waals surface area contributed by atoms with Gasteiger partial charge in [0.2, 0.25) is 0 Å². The second kappa shape index (κ2) is 9.37. The van der Waals surface area contributed by atoms with E-state index in [1.165, 1.54) is 9.80 Å². The molecule has 3 rings (SSSR count). The fourth-order valence-electron chi connectivity index (χ4n) is 3.20. The molecule has 2 amide bonds. The van der Waals surface area contributed by atoms with Crippen LogP contribution in [-0.2, 0) is 22.6 Å². The molecule has 1 saturated heterocycles. The summed E-state index contributed by atoms with van der Waals surface area (Å²) in [6.45, 7) is 4.04. The predicted octanol–water partition coefficient (Wildman–Crippen LogP) is 3.46. The van der Waals surface area contributed by atoms with Crippen molar-refractivity contribution in [3.05, 3.63) is 82.9 Å². The molecule has 1 aliphatic heterocycles. The third-order valence-electron chi connectivity index (χ3n) is 4.92.